The highest BCUT2D eigenvalue weighted by Crippen LogP contribution is 2.19. The molecular formula is C15H20N6O4. The molecule has 1 aliphatic heterocycles. The molecule has 3 rings (SSSR count). The van der Waals surface area contributed by atoms with Crippen LogP contribution in [0.3, 0.4) is 0 Å². The van der Waals surface area contributed by atoms with Crippen LogP contribution in [0.25, 0.3) is 0 Å². The third-order valence-corrected chi connectivity index (χ3v) is 3.92. The number of urea groups is 1. The van der Waals surface area contributed by atoms with Crippen molar-refractivity contribution >= 4 is 6.03 Å². The largest absolute Gasteiger partial charge is 0.384 e. The van der Waals surface area contributed by atoms with Crippen LogP contribution in [0.4, 0.5) is 4.79 Å². The van der Waals surface area contributed by atoms with Crippen molar-refractivity contribution in [3.05, 3.63) is 39.2 Å². The minimum absolute atomic E-state index is 0.203. The molecule has 0 radical (unpaired) electrons. The second-order valence-corrected chi connectivity index (χ2v) is 5.90. The van der Waals surface area contributed by atoms with E-state index in [0.717, 1.165) is 0 Å². The van der Waals surface area contributed by atoms with Crippen LogP contribution < -0.4 is 10.9 Å². The maximum Gasteiger partial charge on any atom is 0.318 e. The molecule has 0 aromatic carbocycles. The number of carbonyl (C=O) groups is 1. The first-order chi connectivity index (χ1) is 12.0. The first-order valence-electron chi connectivity index (χ1n) is 7.93. The highest BCUT2D eigenvalue weighted by atomic mass is 16.5. The molecule has 0 saturated carbocycles. The van der Waals surface area contributed by atoms with Crippen LogP contribution >= 0.6 is 0 Å². The van der Waals surface area contributed by atoms with Gasteiger partial charge >= 0.3 is 6.03 Å². The third kappa shape index (κ3) is 3.68. The van der Waals surface area contributed by atoms with E-state index >= 15 is 0 Å². The molecule has 1 aliphatic rings. The maximum absolute atomic E-state index is 12.4. The summed E-state index contributed by atoms with van der Waals surface area (Å²) >= 11 is 0. The quantitative estimate of drug-likeness (QED) is 0.802. The van der Waals surface area contributed by atoms with Gasteiger partial charge < -0.3 is 24.5 Å². The lowest BCUT2D eigenvalue weighted by Gasteiger charge is -2.18. The molecule has 2 amide bonds. The van der Waals surface area contributed by atoms with Gasteiger partial charge in [0.05, 0.1) is 31.0 Å². The van der Waals surface area contributed by atoms with Crippen LogP contribution in [0.5, 0.6) is 0 Å². The average molecular weight is 348 g/mol. The smallest absolute Gasteiger partial charge is 0.318 e. The van der Waals surface area contributed by atoms with Crippen LogP contribution in [0.2, 0.25) is 0 Å². The molecule has 2 N–H and O–H groups in total. The van der Waals surface area contributed by atoms with Gasteiger partial charge in [-0.15, -0.1) is 0 Å². The number of ether oxygens (including phenoxy) is 1. The summed E-state index contributed by atoms with van der Waals surface area (Å²) in [6, 6.07) is -0.771. The Morgan fingerprint density at radius 3 is 3.00 bits per heavy atom. The number of carbonyl (C=O) groups excluding carboxylic acids is 1. The zero-order valence-electron chi connectivity index (χ0n) is 14.3. The normalized spacial score (nSPS) is 14.4. The Morgan fingerprint density at radius 1 is 1.44 bits per heavy atom. The Hall–Kier alpha value is -2.75. The fraction of sp³-hybridized carbons (Fsp3) is 0.533. The van der Waals surface area contributed by atoms with Crippen LogP contribution in [0.15, 0.2) is 9.32 Å². The van der Waals surface area contributed by atoms with Crippen molar-refractivity contribution in [1.82, 2.24) is 30.3 Å². The summed E-state index contributed by atoms with van der Waals surface area (Å²) < 4.78 is 10.1. The molecule has 10 nitrogen and oxygen atoms in total. The van der Waals surface area contributed by atoms with Crippen LogP contribution in [0.1, 0.15) is 41.8 Å². The molecule has 0 spiro atoms. The van der Waals surface area contributed by atoms with Gasteiger partial charge in [0.1, 0.15) is 11.9 Å². The fourth-order valence-electron chi connectivity index (χ4n) is 2.61. The number of fused-ring (bicyclic) bond motifs is 1. The molecule has 10 heteroatoms. The van der Waals surface area contributed by atoms with Gasteiger partial charge in [0.2, 0.25) is 5.89 Å². The Bertz CT molecular complexity index is 830. The van der Waals surface area contributed by atoms with Crippen molar-refractivity contribution in [3.8, 4) is 0 Å². The second kappa shape index (κ2) is 7.01. The van der Waals surface area contributed by atoms with E-state index in [0.29, 0.717) is 48.4 Å². The lowest BCUT2D eigenvalue weighted by atomic mass is 10.3. The van der Waals surface area contributed by atoms with Crippen LogP contribution in [-0.4, -0.2) is 44.8 Å². The lowest BCUT2D eigenvalue weighted by molar-refractivity contribution is 0.191. The van der Waals surface area contributed by atoms with E-state index in [1.807, 2.05) is 0 Å². The summed E-state index contributed by atoms with van der Waals surface area (Å²) in [5.74, 6) is 1.38. The van der Waals surface area contributed by atoms with Gasteiger partial charge in [0, 0.05) is 13.5 Å². The molecule has 0 aliphatic carbocycles. The van der Waals surface area contributed by atoms with E-state index in [4.69, 9.17) is 9.26 Å². The van der Waals surface area contributed by atoms with Gasteiger partial charge in [-0.25, -0.2) is 9.78 Å². The number of nitrogens with zero attached hydrogens (tertiary/aromatic N) is 4. The number of rotatable bonds is 5. The van der Waals surface area contributed by atoms with Crippen molar-refractivity contribution in [3.63, 3.8) is 0 Å². The van der Waals surface area contributed by atoms with Gasteiger partial charge in [-0.05, 0) is 13.8 Å². The van der Waals surface area contributed by atoms with Crippen molar-refractivity contribution in [1.29, 1.82) is 0 Å². The monoisotopic (exact) mass is 348 g/mol. The van der Waals surface area contributed by atoms with Gasteiger partial charge in [-0.2, -0.15) is 4.98 Å². The van der Waals surface area contributed by atoms with Gasteiger partial charge in [-0.3, -0.25) is 4.79 Å². The molecule has 0 bridgehead atoms. The molecular weight excluding hydrogens is 328 g/mol. The molecule has 2 aromatic rings. The van der Waals surface area contributed by atoms with Crippen LogP contribution in [-0.2, 0) is 24.2 Å². The summed E-state index contributed by atoms with van der Waals surface area (Å²) in [6.07, 6.45) is 0.538. The predicted octanol–water partition coefficient (Wildman–Crippen LogP) is 0.437. The van der Waals surface area contributed by atoms with Gasteiger partial charge in [0.25, 0.3) is 5.56 Å². The number of aromatic amines is 1. The Kier molecular flexibility index (Phi) is 4.79. The van der Waals surface area contributed by atoms with E-state index in [1.54, 1.807) is 21.0 Å². The molecule has 134 valence electrons. The maximum atomic E-state index is 12.4. The van der Waals surface area contributed by atoms with Gasteiger partial charge in [-0.1, -0.05) is 5.16 Å². The SMILES string of the molecule is COCCc1noc([C@@H](C)NC(=O)N2Cc3nc(C)[nH]c(=O)c3C2)n1. The van der Waals surface area contributed by atoms with Crippen molar-refractivity contribution in [2.24, 2.45) is 0 Å². The number of amides is 2. The number of H-pyrrole nitrogens is 1. The first-order valence-corrected chi connectivity index (χ1v) is 7.93. The van der Waals surface area contributed by atoms with E-state index in [9.17, 15) is 9.59 Å². The molecule has 2 aromatic heterocycles. The molecule has 0 saturated heterocycles. The number of aromatic nitrogens is 4. The standard InChI is InChI=1S/C15H20N6O4/c1-8(14-19-12(20-25-14)4-5-24-3)16-15(23)21-6-10-11(7-21)17-9(2)18-13(10)22/h8H,4-7H2,1-3H3,(H,16,23)(H,17,18,22)/t8-/m1/s1. The molecule has 1 atom stereocenters. The average Bonchev–Trinajstić information content (AvgIpc) is 3.19. The second-order valence-electron chi connectivity index (χ2n) is 5.90. The number of hydrogen-bond acceptors (Lipinski definition) is 7. The molecule has 25 heavy (non-hydrogen) atoms. The summed E-state index contributed by atoms with van der Waals surface area (Å²) in [5.41, 5.74) is 0.947. The molecule has 0 fully saturated rings. The zero-order chi connectivity index (χ0) is 18.0. The summed E-state index contributed by atoms with van der Waals surface area (Å²) in [5, 5.41) is 6.64. The summed E-state index contributed by atoms with van der Waals surface area (Å²) in [6.45, 7) is 4.47. The zero-order valence-corrected chi connectivity index (χ0v) is 14.3. The summed E-state index contributed by atoms with van der Waals surface area (Å²) in [4.78, 5) is 37.1. The third-order valence-electron chi connectivity index (χ3n) is 3.92. The van der Waals surface area contributed by atoms with Gasteiger partial charge in [0.15, 0.2) is 5.82 Å². The highest BCUT2D eigenvalue weighted by Gasteiger charge is 2.28. The minimum Gasteiger partial charge on any atom is -0.384 e. The Labute approximate surface area is 143 Å². The van der Waals surface area contributed by atoms with Crippen molar-refractivity contribution < 1.29 is 14.1 Å². The summed E-state index contributed by atoms with van der Waals surface area (Å²) in [7, 11) is 1.60. The van der Waals surface area contributed by atoms with Crippen molar-refractivity contribution in [2.75, 3.05) is 13.7 Å². The molecule has 3 heterocycles. The van der Waals surface area contributed by atoms with E-state index in [1.165, 1.54) is 4.90 Å². The highest BCUT2D eigenvalue weighted by molar-refractivity contribution is 5.75. The fourth-order valence-corrected chi connectivity index (χ4v) is 2.61. The van der Waals surface area contributed by atoms with Crippen molar-refractivity contribution in [2.45, 2.75) is 39.4 Å². The minimum atomic E-state index is -0.451. The van der Waals surface area contributed by atoms with E-state index in [-0.39, 0.29) is 18.1 Å². The predicted molar refractivity (Wildman–Crippen MR) is 85.7 cm³/mol. The first kappa shape index (κ1) is 17.1. The van der Waals surface area contributed by atoms with Crippen LogP contribution in [0, 0.1) is 6.92 Å². The Balaban J connectivity index is 1.62. The number of methoxy groups -OCH3 is 1. The number of nitrogens with one attached hydrogen (secondary N) is 2. The number of aryl methyl sites for hydroxylation is 1. The van der Waals surface area contributed by atoms with E-state index in [2.05, 4.69) is 25.4 Å². The topological polar surface area (TPSA) is 126 Å². The lowest BCUT2D eigenvalue weighted by Crippen LogP contribution is -2.38. The van der Waals surface area contributed by atoms with E-state index < -0.39 is 6.04 Å². The number of hydrogen-bond donors (Lipinski definition) is 2. The Morgan fingerprint density at radius 2 is 2.24 bits per heavy atom. The molecule has 0 unspecified atom stereocenters.